The molecule has 6 heteroatoms. The highest BCUT2D eigenvalue weighted by molar-refractivity contribution is 5.76. The van der Waals surface area contributed by atoms with E-state index in [1.165, 1.54) is 13.8 Å². The van der Waals surface area contributed by atoms with E-state index in [1.807, 2.05) is 31.2 Å². The third-order valence-corrected chi connectivity index (χ3v) is 4.58. The van der Waals surface area contributed by atoms with Crippen molar-refractivity contribution in [2.24, 2.45) is 0 Å². The summed E-state index contributed by atoms with van der Waals surface area (Å²) < 4.78 is 17.1. The molecule has 3 rings (SSSR count). The Morgan fingerprint density at radius 3 is 2.57 bits per heavy atom. The lowest BCUT2D eigenvalue weighted by Crippen LogP contribution is -2.37. The maximum Gasteiger partial charge on any atom is 0.347 e. The highest BCUT2D eigenvalue weighted by Gasteiger charge is 2.29. The number of ether oxygens (including phenoxy) is 2. The topological polar surface area (TPSA) is 81.8 Å². The third-order valence-electron chi connectivity index (χ3n) is 4.58. The number of carboxylic acids is 1. The van der Waals surface area contributed by atoms with Crippen molar-refractivity contribution < 1.29 is 23.8 Å². The number of aromatic nitrogens is 1. The lowest BCUT2D eigenvalue weighted by atomic mass is 10.1. The van der Waals surface area contributed by atoms with Crippen molar-refractivity contribution in [3.8, 4) is 23.0 Å². The van der Waals surface area contributed by atoms with E-state index in [0.29, 0.717) is 30.4 Å². The summed E-state index contributed by atoms with van der Waals surface area (Å²) >= 11 is 0. The number of aliphatic carboxylic acids is 1. The fourth-order valence-electron chi connectivity index (χ4n) is 2.79. The summed E-state index contributed by atoms with van der Waals surface area (Å²) in [5.74, 6) is 1.44. The zero-order valence-electron chi connectivity index (χ0n) is 17.3. The van der Waals surface area contributed by atoms with Gasteiger partial charge in [0.25, 0.3) is 0 Å². The minimum Gasteiger partial charge on any atom is -0.493 e. The van der Waals surface area contributed by atoms with Crippen LogP contribution in [0.1, 0.15) is 30.9 Å². The average molecular weight is 407 g/mol. The van der Waals surface area contributed by atoms with E-state index in [9.17, 15) is 4.79 Å². The maximum absolute atomic E-state index is 11.2. The monoisotopic (exact) mass is 407 g/mol. The van der Waals surface area contributed by atoms with E-state index in [2.05, 4.69) is 11.6 Å². The molecule has 2 aromatic carbocycles. The Bertz CT molecular complexity index is 1030. The minimum atomic E-state index is -1.30. The molecule has 0 bridgehead atoms. The maximum atomic E-state index is 11.2. The molecular formula is C24H25NO5. The second-order valence-corrected chi connectivity index (χ2v) is 7.34. The molecule has 6 nitrogen and oxygen atoms in total. The summed E-state index contributed by atoms with van der Waals surface area (Å²) in [6, 6.07) is 14.7. The number of rotatable bonds is 9. The molecule has 0 unspecified atom stereocenters. The number of benzene rings is 2. The number of aryl methyl sites for hydroxylation is 1. The summed E-state index contributed by atoms with van der Waals surface area (Å²) in [7, 11) is 0. The van der Waals surface area contributed by atoms with Gasteiger partial charge in [0.1, 0.15) is 17.3 Å². The fraction of sp³-hybridized carbons (Fsp3) is 0.250. The van der Waals surface area contributed by atoms with Gasteiger partial charge in [-0.25, -0.2) is 9.78 Å². The van der Waals surface area contributed by atoms with Gasteiger partial charge in [-0.15, -0.1) is 0 Å². The molecule has 0 aliphatic rings. The number of hydrogen-bond acceptors (Lipinski definition) is 5. The molecule has 0 aliphatic heterocycles. The van der Waals surface area contributed by atoms with Gasteiger partial charge in [-0.3, -0.25) is 0 Å². The largest absolute Gasteiger partial charge is 0.493 e. The lowest BCUT2D eigenvalue weighted by Gasteiger charge is -2.21. The molecule has 3 aromatic rings. The van der Waals surface area contributed by atoms with Crippen molar-refractivity contribution in [3.05, 3.63) is 72.1 Å². The van der Waals surface area contributed by atoms with Crippen LogP contribution in [0.25, 0.3) is 17.5 Å². The van der Waals surface area contributed by atoms with Gasteiger partial charge in [0.2, 0.25) is 5.89 Å². The number of hydrogen-bond donors (Lipinski definition) is 1. The van der Waals surface area contributed by atoms with Gasteiger partial charge in [-0.2, -0.15) is 0 Å². The summed E-state index contributed by atoms with van der Waals surface area (Å²) in [5, 5.41) is 9.14. The zero-order valence-corrected chi connectivity index (χ0v) is 17.3. The predicted molar refractivity (Wildman–Crippen MR) is 115 cm³/mol. The first-order valence-electron chi connectivity index (χ1n) is 9.63. The van der Waals surface area contributed by atoms with Crippen LogP contribution in [-0.4, -0.2) is 28.3 Å². The quantitative estimate of drug-likeness (QED) is 0.528. The molecule has 1 heterocycles. The van der Waals surface area contributed by atoms with Crippen LogP contribution in [0, 0.1) is 6.92 Å². The molecule has 0 saturated heterocycles. The number of carboxylic acid groups (broad SMARTS) is 1. The molecule has 0 fully saturated rings. The van der Waals surface area contributed by atoms with E-state index in [-0.39, 0.29) is 0 Å². The Morgan fingerprint density at radius 2 is 1.90 bits per heavy atom. The van der Waals surface area contributed by atoms with Crippen molar-refractivity contribution in [1.82, 2.24) is 4.98 Å². The van der Waals surface area contributed by atoms with Crippen molar-refractivity contribution in [2.45, 2.75) is 32.8 Å². The van der Waals surface area contributed by atoms with Crippen LogP contribution < -0.4 is 9.47 Å². The van der Waals surface area contributed by atoms with Gasteiger partial charge in [-0.1, -0.05) is 24.8 Å². The molecule has 0 radical (unpaired) electrons. The van der Waals surface area contributed by atoms with Crippen molar-refractivity contribution in [3.63, 3.8) is 0 Å². The Balaban J connectivity index is 1.58. The molecule has 0 atom stereocenters. The SMILES string of the molecule is C=Cc1cccc(-c2nc(CCOc3ccc(OC(C)(C)C(=O)O)cc3)c(C)o2)c1. The number of oxazole rings is 1. The molecule has 1 aromatic heterocycles. The average Bonchev–Trinajstić information content (AvgIpc) is 3.10. The van der Waals surface area contributed by atoms with Gasteiger partial charge in [0.05, 0.1) is 12.3 Å². The molecule has 1 N–H and O–H groups in total. The molecule has 0 saturated carbocycles. The molecule has 0 amide bonds. The fourth-order valence-corrected chi connectivity index (χ4v) is 2.79. The first-order chi connectivity index (χ1) is 14.3. The number of nitrogens with zero attached hydrogens (tertiary/aromatic N) is 1. The van der Waals surface area contributed by atoms with Crippen LogP contribution in [-0.2, 0) is 11.2 Å². The Morgan fingerprint density at radius 1 is 1.20 bits per heavy atom. The molecular weight excluding hydrogens is 382 g/mol. The third kappa shape index (κ3) is 5.08. The van der Waals surface area contributed by atoms with E-state index >= 15 is 0 Å². The van der Waals surface area contributed by atoms with E-state index in [1.54, 1.807) is 30.3 Å². The minimum absolute atomic E-state index is 0.431. The second-order valence-electron chi connectivity index (χ2n) is 7.34. The van der Waals surface area contributed by atoms with E-state index < -0.39 is 11.6 Å². The lowest BCUT2D eigenvalue weighted by molar-refractivity contribution is -0.152. The Kier molecular flexibility index (Phi) is 6.26. The van der Waals surface area contributed by atoms with Crippen LogP contribution >= 0.6 is 0 Å². The normalized spacial score (nSPS) is 11.2. The first kappa shape index (κ1) is 21.2. The summed E-state index contributed by atoms with van der Waals surface area (Å²) in [4.78, 5) is 15.8. The van der Waals surface area contributed by atoms with Crippen LogP contribution in [0.3, 0.4) is 0 Å². The van der Waals surface area contributed by atoms with Crippen molar-refractivity contribution >= 4 is 12.0 Å². The molecule has 30 heavy (non-hydrogen) atoms. The molecule has 0 aliphatic carbocycles. The standard InChI is InChI=1S/C24H25NO5/c1-5-17-7-6-8-18(15-17)22-25-21(16(2)29-22)13-14-28-19-9-11-20(12-10-19)30-24(3,4)23(26)27/h5-12,15H,1,13-14H2,2-4H3,(H,26,27). The van der Waals surface area contributed by atoms with Gasteiger partial charge in [-0.05, 0) is 62.7 Å². The smallest absolute Gasteiger partial charge is 0.347 e. The van der Waals surface area contributed by atoms with Gasteiger partial charge >= 0.3 is 5.97 Å². The highest BCUT2D eigenvalue weighted by Crippen LogP contribution is 2.25. The van der Waals surface area contributed by atoms with Crippen molar-refractivity contribution in [2.75, 3.05) is 6.61 Å². The number of carbonyl (C=O) groups is 1. The van der Waals surface area contributed by atoms with Crippen molar-refractivity contribution in [1.29, 1.82) is 0 Å². The van der Waals surface area contributed by atoms with Gasteiger partial charge in [0, 0.05) is 12.0 Å². The van der Waals surface area contributed by atoms with E-state index in [4.69, 9.17) is 19.0 Å². The summed E-state index contributed by atoms with van der Waals surface area (Å²) in [6.45, 7) is 9.11. The Labute approximate surface area is 175 Å². The van der Waals surface area contributed by atoms with Crippen LogP contribution in [0.15, 0.2) is 59.5 Å². The highest BCUT2D eigenvalue weighted by atomic mass is 16.5. The predicted octanol–water partition coefficient (Wildman–Crippen LogP) is 5.16. The van der Waals surface area contributed by atoms with Crippen LogP contribution in [0.2, 0.25) is 0 Å². The van der Waals surface area contributed by atoms with Gasteiger partial charge in [0.15, 0.2) is 5.60 Å². The van der Waals surface area contributed by atoms with E-state index in [0.717, 1.165) is 22.6 Å². The summed E-state index contributed by atoms with van der Waals surface area (Å²) in [6.07, 6.45) is 2.38. The zero-order chi connectivity index (χ0) is 21.7. The molecule has 156 valence electrons. The van der Waals surface area contributed by atoms with Crippen LogP contribution in [0.5, 0.6) is 11.5 Å². The second kappa shape index (κ2) is 8.86. The summed E-state index contributed by atoms with van der Waals surface area (Å²) in [5.41, 5.74) is 1.46. The molecule has 0 spiro atoms. The first-order valence-corrected chi connectivity index (χ1v) is 9.63. The van der Waals surface area contributed by atoms with Gasteiger partial charge < -0.3 is 19.0 Å². The van der Waals surface area contributed by atoms with Crippen LogP contribution in [0.4, 0.5) is 0 Å². The Hall–Kier alpha value is -3.54.